The molecule has 21 heavy (non-hydrogen) atoms. The van der Waals surface area contributed by atoms with Gasteiger partial charge in [-0.15, -0.1) is 0 Å². The lowest BCUT2D eigenvalue weighted by Crippen LogP contribution is -2.21. The Morgan fingerprint density at radius 2 is 1.62 bits per heavy atom. The van der Waals surface area contributed by atoms with E-state index in [2.05, 4.69) is 4.18 Å². The highest BCUT2D eigenvalue weighted by molar-refractivity contribution is 7.81. The van der Waals surface area contributed by atoms with Crippen molar-refractivity contribution in [3.05, 3.63) is 36.4 Å². The molecule has 0 aromatic heterocycles. The second kappa shape index (κ2) is 6.27. The van der Waals surface area contributed by atoms with Crippen LogP contribution in [-0.4, -0.2) is 42.5 Å². The normalized spacial score (nSPS) is 13.1. The summed E-state index contributed by atoms with van der Waals surface area (Å²) in [6, 6.07) is 9.45. The Kier molecular flexibility index (Phi) is 4.63. The predicted octanol–water partition coefficient (Wildman–Crippen LogP) is 0.753. The first-order valence-electron chi connectivity index (χ1n) is 6.01. The van der Waals surface area contributed by atoms with Gasteiger partial charge in [-0.05, 0) is 12.1 Å². The van der Waals surface area contributed by atoms with Gasteiger partial charge in [-0.3, -0.25) is 4.55 Å². The molecule has 1 unspecified atom stereocenters. The summed E-state index contributed by atoms with van der Waals surface area (Å²) in [5.74, 6) is 0.351. The molecule has 3 N–H and O–H groups in total. The number of rotatable bonds is 6. The zero-order valence-electron chi connectivity index (χ0n) is 10.8. The molecule has 0 aliphatic rings. The van der Waals surface area contributed by atoms with E-state index >= 15 is 0 Å². The van der Waals surface area contributed by atoms with Crippen molar-refractivity contribution in [3.63, 3.8) is 0 Å². The van der Waals surface area contributed by atoms with Crippen LogP contribution < -0.4 is 8.92 Å². The average molecular weight is 314 g/mol. The van der Waals surface area contributed by atoms with Gasteiger partial charge < -0.3 is 19.1 Å². The van der Waals surface area contributed by atoms with Gasteiger partial charge in [-0.1, -0.05) is 24.3 Å². The Morgan fingerprint density at radius 1 is 1.05 bits per heavy atom. The number of aliphatic hydroxyl groups excluding tert-OH is 2. The smallest absolute Gasteiger partial charge is 0.446 e. The van der Waals surface area contributed by atoms with Gasteiger partial charge in [-0.2, -0.15) is 8.42 Å². The van der Waals surface area contributed by atoms with Gasteiger partial charge in [0.05, 0.1) is 6.61 Å². The van der Waals surface area contributed by atoms with Crippen molar-refractivity contribution in [1.29, 1.82) is 0 Å². The fourth-order valence-electron chi connectivity index (χ4n) is 1.79. The third-order valence-corrected chi connectivity index (χ3v) is 3.07. The lowest BCUT2D eigenvalue weighted by Gasteiger charge is -2.13. The summed E-state index contributed by atoms with van der Waals surface area (Å²) in [6.07, 6.45) is -1.02. The van der Waals surface area contributed by atoms with E-state index < -0.39 is 23.1 Å². The highest BCUT2D eigenvalue weighted by Crippen LogP contribution is 2.33. The maximum absolute atomic E-state index is 10.8. The number of fused-ring (bicyclic) bond motifs is 1. The zero-order valence-corrected chi connectivity index (χ0v) is 11.7. The molecule has 114 valence electrons. The molecule has 0 spiro atoms. The Hall–Kier alpha value is -1.87. The Balaban J connectivity index is 2.40. The summed E-state index contributed by atoms with van der Waals surface area (Å²) in [4.78, 5) is 0. The van der Waals surface area contributed by atoms with E-state index in [0.717, 1.165) is 0 Å². The molecule has 0 heterocycles. The molecule has 7 nitrogen and oxygen atoms in total. The quantitative estimate of drug-likeness (QED) is 0.674. The van der Waals surface area contributed by atoms with Crippen LogP contribution in [0.25, 0.3) is 10.8 Å². The van der Waals surface area contributed by atoms with Gasteiger partial charge in [0.15, 0.2) is 5.75 Å². The van der Waals surface area contributed by atoms with Crippen LogP contribution in [-0.2, 0) is 10.4 Å². The molecule has 0 fully saturated rings. The summed E-state index contributed by atoms with van der Waals surface area (Å²) < 4.78 is 40.3. The Morgan fingerprint density at radius 3 is 2.19 bits per heavy atom. The molecule has 2 aromatic carbocycles. The Bertz CT molecular complexity index is 726. The van der Waals surface area contributed by atoms with E-state index in [4.69, 9.17) is 14.4 Å². The fourth-order valence-corrected chi connectivity index (χ4v) is 2.17. The SMILES string of the molecule is O=S(=O)(O)Oc1ccc(OCC(O)CO)c2ccccc12. The number of benzene rings is 2. The van der Waals surface area contributed by atoms with Crippen LogP contribution in [0.15, 0.2) is 36.4 Å². The van der Waals surface area contributed by atoms with Crippen LogP contribution in [0.5, 0.6) is 11.5 Å². The average Bonchev–Trinajstić information content (AvgIpc) is 2.44. The molecule has 2 aromatic rings. The molecule has 0 amide bonds. The molecule has 0 saturated heterocycles. The van der Waals surface area contributed by atoms with Gasteiger partial charge >= 0.3 is 10.4 Å². The second-order valence-corrected chi connectivity index (χ2v) is 5.29. The third-order valence-electron chi connectivity index (χ3n) is 2.68. The molecule has 1 atom stereocenters. The maximum atomic E-state index is 10.8. The Labute approximate surface area is 121 Å². The van der Waals surface area contributed by atoms with Gasteiger partial charge in [-0.25, -0.2) is 0 Å². The van der Waals surface area contributed by atoms with Crippen LogP contribution in [0.2, 0.25) is 0 Å². The zero-order chi connectivity index (χ0) is 15.5. The van der Waals surface area contributed by atoms with E-state index in [-0.39, 0.29) is 12.4 Å². The van der Waals surface area contributed by atoms with Gasteiger partial charge in [0.2, 0.25) is 0 Å². The van der Waals surface area contributed by atoms with E-state index in [1.807, 2.05) is 0 Å². The fraction of sp³-hybridized carbons (Fsp3) is 0.231. The summed E-state index contributed by atoms with van der Waals surface area (Å²) in [5.41, 5.74) is 0. The number of ether oxygens (including phenoxy) is 1. The summed E-state index contributed by atoms with van der Waals surface area (Å²) >= 11 is 0. The van der Waals surface area contributed by atoms with E-state index in [9.17, 15) is 13.5 Å². The molecule has 2 rings (SSSR count). The first-order chi connectivity index (χ1) is 9.90. The van der Waals surface area contributed by atoms with Crippen molar-refractivity contribution in [1.82, 2.24) is 0 Å². The van der Waals surface area contributed by atoms with Crippen LogP contribution in [0.3, 0.4) is 0 Å². The van der Waals surface area contributed by atoms with Gasteiger partial charge in [0.1, 0.15) is 18.5 Å². The largest absolute Gasteiger partial charge is 0.490 e. The molecule has 8 heteroatoms. The molecule has 0 radical (unpaired) electrons. The monoisotopic (exact) mass is 314 g/mol. The molecular formula is C13H14O7S. The van der Waals surface area contributed by atoms with Crippen LogP contribution in [0, 0.1) is 0 Å². The van der Waals surface area contributed by atoms with E-state index in [1.165, 1.54) is 12.1 Å². The van der Waals surface area contributed by atoms with E-state index in [0.29, 0.717) is 16.5 Å². The van der Waals surface area contributed by atoms with Crippen molar-refractivity contribution in [2.24, 2.45) is 0 Å². The van der Waals surface area contributed by atoms with Crippen molar-refractivity contribution >= 4 is 21.2 Å². The van der Waals surface area contributed by atoms with Crippen LogP contribution in [0.1, 0.15) is 0 Å². The third kappa shape index (κ3) is 4.05. The summed E-state index contributed by atoms with van der Waals surface area (Å²) in [5, 5.41) is 19.0. The van der Waals surface area contributed by atoms with Crippen molar-refractivity contribution in [3.8, 4) is 11.5 Å². The predicted molar refractivity (Wildman–Crippen MR) is 74.7 cm³/mol. The van der Waals surface area contributed by atoms with Gasteiger partial charge in [0.25, 0.3) is 0 Å². The number of aliphatic hydroxyl groups is 2. The van der Waals surface area contributed by atoms with Crippen LogP contribution in [0.4, 0.5) is 0 Å². The van der Waals surface area contributed by atoms with Crippen molar-refractivity contribution in [2.45, 2.75) is 6.10 Å². The minimum absolute atomic E-state index is 0.0387. The lowest BCUT2D eigenvalue weighted by molar-refractivity contribution is 0.0541. The van der Waals surface area contributed by atoms with Crippen molar-refractivity contribution in [2.75, 3.05) is 13.2 Å². The minimum atomic E-state index is -4.63. The highest BCUT2D eigenvalue weighted by atomic mass is 32.3. The summed E-state index contributed by atoms with van der Waals surface area (Å²) in [6.45, 7) is -0.541. The minimum Gasteiger partial charge on any atom is -0.490 e. The second-order valence-electron chi connectivity index (χ2n) is 4.27. The van der Waals surface area contributed by atoms with Gasteiger partial charge in [0, 0.05) is 10.8 Å². The van der Waals surface area contributed by atoms with Crippen LogP contribution >= 0.6 is 0 Å². The first-order valence-corrected chi connectivity index (χ1v) is 7.37. The maximum Gasteiger partial charge on any atom is 0.446 e. The lowest BCUT2D eigenvalue weighted by atomic mass is 10.1. The van der Waals surface area contributed by atoms with Crippen molar-refractivity contribution < 1.29 is 32.1 Å². The van der Waals surface area contributed by atoms with E-state index in [1.54, 1.807) is 24.3 Å². The molecule has 0 saturated carbocycles. The molecule has 0 bridgehead atoms. The topological polar surface area (TPSA) is 113 Å². The number of hydrogen-bond acceptors (Lipinski definition) is 6. The highest BCUT2D eigenvalue weighted by Gasteiger charge is 2.13. The standard InChI is InChI=1S/C13H14O7S/c14-7-9(15)8-19-12-5-6-13(20-21(16,17)18)11-4-2-1-3-10(11)12/h1-6,9,14-15H,7-8H2,(H,16,17,18). The number of hydrogen-bond donors (Lipinski definition) is 3. The molecule has 0 aliphatic heterocycles. The molecule has 0 aliphatic carbocycles. The molecular weight excluding hydrogens is 300 g/mol. The first kappa shape index (κ1) is 15.5. The summed E-state index contributed by atoms with van der Waals surface area (Å²) in [7, 11) is -4.63.